The number of esters is 2. The summed E-state index contributed by atoms with van der Waals surface area (Å²) in [5.74, 6) is -2.25. The standard InChI is InChI=1S/C68H123N3O24/c1-47-59(81)62(84)51(43-72)93-65(47)90-37-20-26-50(75)25-14-8-5-11-19-36-71-56(78)46-87-42-33-68(4,31-23-40-88-57(79)29-15-9-6-12-17-34-69-54(76)27-21-38-91-66-48(2)60(82)63(85)52(44-73)94-66)32-24-41-89-58(80)30-16-10-7-13-18-35-70-55(77)28-22-39-92-67-49(3)61(83)64(86)53(45-74)95-67/h47-49,51-53,59-67,72-74,81-86H,5-46H2,1-4H3,(H,69,76)(H,70,77)(H,71,78). The van der Waals surface area contributed by atoms with Crippen molar-refractivity contribution in [2.24, 2.45) is 23.2 Å². The molecule has 0 radical (unpaired) electrons. The van der Waals surface area contributed by atoms with Gasteiger partial charge in [0.05, 0.1) is 71.2 Å². The van der Waals surface area contributed by atoms with Gasteiger partial charge in [-0.15, -0.1) is 0 Å². The predicted molar refractivity (Wildman–Crippen MR) is 347 cm³/mol. The van der Waals surface area contributed by atoms with Crippen LogP contribution in [0.5, 0.6) is 0 Å². The van der Waals surface area contributed by atoms with Crippen molar-refractivity contribution in [3.63, 3.8) is 0 Å². The van der Waals surface area contributed by atoms with Crippen LogP contribution in [0, 0.1) is 23.2 Å². The van der Waals surface area contributed by atoms with Gasteiger partial charge in [0.15, 0.2) is 18.9 Å². The maximum atomic E-state index is 12.7. The summed E-state index contributed by atoms with van der Waals surface area (Å²) in [6.45, 7) is 8.92. The minimum absolute atomic E-state index is 0.0834. The van der Waals surface area contributed by atoms with Gasteiger partial charge in [0, 0.05) is 82.5 Å². The number of aliphatic hydroxyl groups is 9. The lowest BCUT2D eigenvalue weighted by molar-refractivity contribution is -0.282. The predicted octanol–water partition coefficient (Wildman–Crippen LogP) is 3.60. The molecule has 0 bridgehead atoms. The number of ether oxygens (including phenoxy) is 9. The van der Waals surface area contributed by atoms with E-state index in [1.54, 1.807) is 20.8 Å². The molecule has 0 aromatic rings. The highest BCUT2D eigenvalue weighted by Gasteiger charge is 2.45. The molecule has 12 N–H and O–H groups in total. The van der Waals surface area contributed by atoms with Crippen LogP contribution in [0.15, 0.2) is 0 Å². The van der Waals surface area contributed by atoms with Gasteiger partial charge in [0.1, 0.15) is 49.0 Å². The Balaban J connectivity index is 1.26. The van der Waals surface area contributed by atoms with E-state index in [0.717, 1.165) is 96.3 Å². The van der Waals surface area contributed by atoms with Crippen molar-refractivity contribution in [1.29, 1.82) is 0 Å². The first-order chi connectivity index (χ1) is 45.6. The Morgan fingerprint density at radius 2 is 0.695 bits per heavy atom. The fraction of sp³-hybridized carbons (Fsp3) is 0.912. The van der Waals surface area contributed by atoms with E-state index in [-0.39, 0.29) is 93.3 Å². The Hall–Kier alpha value is -3.62. The van der Waals surface area contributed by atoms with E-state index in [1.165, 1.54) is 0 Å². The van der Waals surface area contributed by atoms with Crippen LogP contribution in [-0.4, -0.2) is 241 Å². The largest absolute Gasteiger partial charge is 0.466 e. The monoisotopic (exact) mass is 1370 g/mol. The highest BCUT2D eigenvalue weighted by Crippen LogP contribution is 2.34. The first-order valence-corrected chi connectivity index (χ1v) is 35.6. The fourth-order valence-corrected chi connectivity index (χ4v) is 11.8. The minimum Gasteiger partial charge on any atom is -0.466 e. The second-order valence-corrected chi connectivity index (χ2v) is 26.5. The van der Waals surface area contributed by atoms with Crippen molar-refractivity contribution in [3.8, 4) is 0 Å². The number of Topliss-reactive ketones (excluding diaryl/α,β-unsaturated/α-hetero) is 1. The Kier molecular flexibility index (Phi) is 45.7. The Morgan fingerprint density at radius 3 is 1.07 bits per heavy atom. The van der Waals surface area contributed by atoms with Crippen LogP contribution in [0.25, 0.3) is 0 Å². The van der Waals surface area contributed by atoms with Crippen molar-refractivity contribution in [2.75, 3.05) is 85.7 Å². The first-order valence-electron chi connectivity index (χ1n) is 35.6. The van der Waals surface area contributed by atoms with E-state index in [1.807, 2.05) is 0 Å². The number of amides is 3. The van der Waals surface area contributed by atoms with E-state index < -0.39 is 111 Å². The number of rotatable bonds is 55. The molecule has 3 aliphatic heterocycles. The van der Waals surface area contributed by atoms with Gasteiger partial charge in [0.25, 0.3) is 0 Å². The van der Waals surface area contributed by atoms with Crippen molar-refractivity contribution in [2.45, 2.75) is 288 Å². The third kappa shape index (κ3) is 35.8. The smallest absolute Gasteiger partial charge is 0.305 e. The van der Waals surface area contributed by atoms with Gasteiger partial charge in [-0.25, -0.2) is 0 Å². The molecular weight excluding hydrogens is 1240 g/mol. The minimum atomic E-state index is -1.20. The highest BCUT2D eigenvalue weighted by molar-refractivity contribution is 5.78. The zero-order valence-electron chi connectivity index (χ0n) is 57.5. The maximum Gasteiger partial charge on any atom is 0.305 e. The van der Waals surface area contributed by atoms with Crippen molar-refractivity contribution < 1.29 is 117 Å². The molecule has 27 heteroatoms. The summed E-state index contributed by atoms with van der Waals surface area (Å²) < 4.78 is 50.8. The fourth-order valence-electron chi connectivity index (χ4n) is 11.8. The lowest BCUT2D eigenvalue weighted by Gasteiger charge is -2.40. The number of carbonyl (C=O) groups excluding carboxylic acids is 6. The van der Waals surface area contributed by atoms with Crippen LogP contribution in [0.3, 0.4) is 0 Å². The van der Waals surface area contributed by atoms with Crippen molar-refractivity contribution in [3.05, 3.63) is 0 Å². The summed E-state index contributed by atoms with van der Waals surface area (Å²) in [5, 5.41) is 97.7. The van der Waals surface area contributed by atoms with Gasteiger partial charge < -0.3 is 105 Å². The average Bonchev–Trinajstić information content (AvgIpc) is 0.851. The molecule has 0 spiro atoms. The normalized spacial score (nSPS) is 26.7. The molecule has 3 aliphatic rings. The molecule has 3 amide bonds. The molecule has 0 saturated carbocycles. The summed E-state index contributed by atoms with van der Waals surface area (Å²) >= 11 is 0. The summed E-state index contributed by atoms with van der Waals surface area (Å²) in [4.78, 5) is 75.1. The SMILES string of the molecule is CC1C(OCCCC(=O)CCCCCCCNC(=O)COCCC(C)(CCCOC(=O)CCCCCCCNC(=O)CCCOC2OC(CO)C(O)C(O)C2C)CCCOC(=O)CCCCCCCNC(=O)CCCOC2OC(CO)C(O)C(O)C2C)OC(CO)C(O)C1O. The molecule has 0 aromatic carbocycles. The van der Waals surface area contributed by atoms with Gasteiger partial charge in [0.2, 0.25) is 17.7 Å². The summed E-state index contributed by atoms with van der Waals surface area (Å²) in [5.41, 5.74) is -0.251. The van der Waals surface area contributed by atoms with E-state index in [0.29, 0.717) is 103 Å². The molecule has 3 rings (SSSR count). The molecule has 0 aromatic heterocycles. The Morgan fingerprint density at radius 1 is 0.368 bits per heavy atom. The molecule has 554 valence electrons. The molecule has 0 aliphatic carbocycles. The number of carbonyl (C=O) groups is 6. The van der Waals surface area contributed by atoms with Crippen LogP contribution >= 0.6 is 0 Å². The number of nitrogens with one attached hydrogen (secondary N) is 3. The number of unbranched alkanes of at least 4 members (excludes halogenated alkanes) is 12. The first kappa shape index (κ1) is 85.6. The molecule has 3 heterocycles. The molecule has 3 saturated heterocycles. The van der Waals surface area contributed by atoms with Crippen LogP contribution in [0.1, 0.15) is 214 Å². The Labute approximate surface area is 563 Å². The third-order valence-electron chi connectivity index (χ3n) is 18.3. The van der Waals surface area contributed by atoms with Gasteiger partial charge in [-0.1, -0.05) is 85.5 Å². The zero-order valence-corrected chi connectivity index (χ0v) is 57.5. The van der Waals surface area contributed by atoms with E-state index >= 15 is 0 Å². The van der Waals surface area contributed by atoms with Crippen molar-refractivity contribution >= 4 is 35.4 Å². The second-order valence-electron chi connectivity index (χ2n) is 26.5. The number of ketones is 1. The Bertz CT molecular complexity index is 1860. The lowest BCUT2D eigenvalue weighted by Crippen LogP contribution is -2.55. The molecule has 95 heavy (non-hydrogen) atoms. The van der Waals surface area contributed by atoms with E-state index in [2.05, 4.69) is 22.9 Å². The number of hydrogen-bond donors (Lipinski definition) is 12. The topological polar surface area (TPSA) is 404 Å². The quantitative estimate of drug-likeness (QED) is 0.0306. The van der Waals surface area contributed by atoms with Gasteiger partial charge in [-0.05, 0) is 95.3 Å². The average molecular weight is 1370 g/mol. The summed E-state index contributed by atoms with van der Waals surface area (Å²) in [6, 6.07) is 0. The third-order valence-corrected chi connectivity index (χ3v) is 18.3. The van der Waals surface area contributed by atoms with Crippen LogP contribution in [-0.2, 0) is 71.4 Å². The summed E-state index contributed by atoms with van der Waals surface area (Å²) in [7, 11) is 0. The van der Waals surface area contributed by atoms with Crippen LogP contribution < -0.4 is 16.0 Å². The van der Waals surface area contributed by atoms with Crippen LogP contribution in [0.4, 0.5) is 0 Å². The van der Waals surface area contributed by atoms with Gasteiger partial charge >= 0.3 is 11.9 Å². The summed E-state index contributed by atoms with van der Waals surface area (Å²) in [6.07, 6.45) is 7.23. The van der Waals surface area contributed by atoms with Gasteiger partial charge in [-0.3, -0.25) is 28.8 Å². The lowest BCUT2D eigenvalue weighted by atomic mass is 9.78. The molecule has 3 fully saturated rings. The molecule has 27 nitrogen and oxygen atoms in total. The van der Waals surface area contributed by atoms with E-state index in [4.69, 9.17) is 42.6 Å². The molecule has 15 unspecified atom stereocenters. The maximum absolute atomic E-state index is 12.7. The number of hydrogen-bond acceptors (Lipinski definition) is 24. The second kappa shape index (κ2) is 50.7. The van der Waals surface area contributed by atoms with Gasteiger partial charge in [-0.2, -0.15) is 0 Å². The highest BCUT2D eigenvalue weighted by atomic mass is 16.7. The van der Waals surface area contributed by atoms with Crippen molar-refractivity contribution in [1.82, 2.24) is 16.0 Å². The zero-order chi connectivity index (χ0) is 69.8. The molecule has 15 atom stereocenters. The molecular formula is C68H123N3O24. The number of aliphatic hydroxyl groups excluding tert-OH is 9. The van der Waals surface area contributed by atoms with E-state index in [9.17, 15) is 74.7 Å². The van der Waals surface area contributed by atoms with Crippen LogP contribution in [0.2, 0.25) is 0 Å².